The van der Waals surface area contributed by atoms with Crippen LogP contribution in [-0.4, -0.2) is 20.2 Å². The van der Waals surface area contributed by atoms with E-state index in [0.29, 0.717) is 12.1 Å². The van der Waals surface area contributed by atoms with Gasteiger partial charge in [-0.25, -0.2) is 0 Å². The molecule has 0 aromatic heterocycles. The van der Waals surface area contributed by atoms with Crippen LogP contribution < -0.4 is 11.5 Å². The molecule has 0 unspecified atom stereocenters. The standard InChI is InChI=1S/C6H16N2Si/c1-9(2)3-5(7)6(8)4-9/h5-6H,3-4,7-8H2,1-2H3/t5-,6+. The van der Waals surface area contributed by atoms with Gasteiger partial charge < -0.3 is 11.5 Å². The fourth-order valence-electron chi connectivity index (χ4n) is 1.66. The summed E-state index contributed by atoms with van der Waals surface area (Å²) in [5, 5.41) is 0. The monoisotopic (exact) mass is 144 g/mol. The predicted octanol–water partition coefficient (Wildman–Crippen LogP) is 0.363. The molecular formula is C6H16N2Si. The Labute approximate surface area is 57.6 Å². The van der Waals surface area contributed by atoms with Crippen LogP contribution in [0.4, 0.5) is 0 Å². The molecule has 2 nitrogen and oxygen atoms in total. The molecule has 0 aliphatic carbocycles. The van der Waals surface area contributed by atoms with Gasteiger partial charge in [-0.3, -0.25) is 0 Å². The first-order valence-electron chi connectivity index (χ1n) is 3.52. The van der Waals surface area contributed by atoms with Crippen LogP contribution in [0, 0.1) is 0 Å². The SMILES string of the molecule is C[Si]1(C)C[C@@H](N)[C@@H](N)C1. The molecule has 3 heteroatoms. The summed E-state index contributed by atoms with van der Waals surface area (Å²) in [6, 6.07) is 3.03. The van der Waals surface area contributed by atoms with E-state index in [4.69, 9.17) is 11.5 Å². The highest BCUT2D eigenvalue weighted by Crippen LogP contribution is 2.27. The summed E-state index contributed by atoms with van der Waals surface area (Å²) >= 11 is 0. The largest absolute Gasteiger partial charge is 0.327 e. The predicted molar refractivity (Wildman–Crippen MR) is 43.0 cm³/mol. The van der Waals surface area contributed by atoms with E-state index in [1.807, 2.05) is 0 Å². The second-order valence-corrected chi connectivity index (χ2v) is 9.05. The second kappa shape index (κ2) is 2.07. The summed E-state index contributed by atoms with van der Waals surface area (Å²) in [4.78, 5) is 0. The second-order valence-electron chi connectivity index (χ2n) is 3.90. The quantitative estimate of drug-likeness (QED) is 0.482. The van der Waals surface area contributed by atoms with Crippen LogP contribution in [-0.2, 0) is 0 Å². The Morgan fingerprint density at radius 3 is 1.56 bits per heavy atom. The highest BCUT2D eigenvalue weighted by Gasteiger charge is 2.36. The van der Waals surface area contributed by atoms with Crippen molar-refractivity contribution in [3.63, 3.8) is 0 Å². The molecule has 0 saturated carbocycles. The molecule has 0 aromatic rings. The van der Waals surface area contributed by atoms with Crippen LogP contribution in [0.15, 0.2) is 0 Å². The molecule has 1 saturated heterocycles. The zero-order valence-corrected chi connectivity index (χ0v) is 7.22. The summed E-state index contributed by atoms with van der Waals surface area (Å²) in [5.41, 5.74) is 11.5. The van der Waals surface area contributed by atoms with Gasteiger partial charge in [0.25, 0.3) is 0 Å². The lowest BCUT2D eigenvalue weighted by molar-refractivity contribution is 0.633. The zero-order chi connectivity index (χ0) is 7.07. The van der Waals surface area contributed by atoms with Gasteiger partial charge in [-0.1, -0.05) is 13.1 Å². The third-order valence-electron chi connectivity index (χ3n) is 2.13. The molecule has 0 radical (unpaired) electrons. The summed E-state index contributed by atoms with van der Waals surface area (Å²) in [6.45, 7) is 4.72. The van der Waals surface area contributed by atoms with Crippen molar-refractivity contribution in [1.82, 2.24) is 0 Å². The van der Waals surface area contributed by atoms with Crippen LogP contribution >= 0.6 is 0 Å². The van der Waals surface area contributed by atoms with E-state index in [9.17, 15) is 0 Å². The Balaban J connectivity index is 2.54. The van der Waals surface area contributed by atoms with Crippen LogP contribution in [0.5, 0.6) is 0 Å². The van der Waals surface area contributed by atoms with E-state index in [1.165, 1.54) is 12.1 Å². The smallest absolute Gasteiger partial charge is 0.0505 e. The van der Waals surface area contributed by atoms with E-state index in [-0.39, 0.29) is 0 Å². The lowest BCUT2D eigenvalue weighted by atomic mass is 10.2. The van der Waals surface area contributed by atoms with Gasteiger partial charge >= 0.3 is 0 Å². The molecule has 54 valence electrons. The topological polar surface area (TPSA) is 52.0 Å². The lowest BCUT2D eigenvalue weighted by Crippen LogP contribution is -2.35. The van der Waals surface area contributed by atoms with Crippen LogP contribution in [0.2, 0.25) is 25.2 Å². The van der Waals surface area contributed by atoms with Gasteiger partial charge in [-0.2, -0.15) is 0 Å². The van der Waals surface area contributed by atoms with Gasteiger partial charge in [-0.05, 0) is 12.1 Å². The number of nitrogens with two attached hydrogens (primary N) is 2. The highest BCUT2D eigenvalue weighted by atomic mass is 28.3. The Hall–Kier alpha value is 0.137. The van der Waals surface area contributed by atoms with Gasteiger partial charge in [0.15, 0.2) is 0 Å². The molecule has 1 aliphatic heterocycles. The van der Waals surface area contributed by atoms with E-state index < -0.39 is 8.07 Å². The molecule has 1 aliphatic rings. The third-order valence-corrected chi connectivity index (χ3v) is 5.28. The summed E-state index contributed by atoms with van der Waals surface area (Å²) < 4.78 is 0. The Morgan fingerprint density at radius 2 is 1.44 bits per heavy atom. The van der Waals surface area contributed by atoms with Gasteiger partial charge in [-0.15, -0.1) is 0 Å². The molecule has 0 bridgehead atoms. The lowest BCUT2D eigenvalue weighted by Gasteiger charge is -2.11. The summed E-state index contributed by atoms with van der Waals surface area (Å²) in [5.74, 6) is 0. The highest BCUT2D eigenvalue weighted by molar-refractivity contribution is 6.78. The van der Waals surface area contributed by atoms with Crippen molar-refractivity contribution in [3.05, 3.63) is 0 Å². The first-order valence-corrected chi connectivity index (χ1v) is 6.94. The van der Waals surface area contributed by atoms with Gasteiger partial charge in [0.05, 0.1) is 8.07 Å². The minimum absolute atomic E-state index is 0.298. The fraction of sp³-hybridized carbons (Fsp3) is 1.00. The fourth-order valence-corrected chi connectivity index (χ4v) is 4.99. The Bertz CT molecular complexity index is 102. The molecular weight excluding hydrogens is 128 g/mol. The number of hydrogen-bond donors (Lipinski definition) is 2. The minimum atomic E-state index is -0.916. The van der Waals surface area contributed by atoms with Gasteiger partial charge in [0, 0.05) is 12.1 Å². The van der Waals surface area contributed by atoms with Crippen molar-refractivity contribution in [2.45, 2.75) is 37.3 Å². The van der Waals surface area contributed by atoms with Crippen LogP contribution in [0.1, 0.15) is 0 Å². The zero-order valence-electron chi connectivity index (χ0n) is 6.22. The average molecular weight is 144 g/mol. The third kappa shape index (κ3) is 1.53. The molecule has 0 spiro atoms. The van der Waals surface area contributed by atoms with E-state index in [2.05, 4.69) is 13.1 Å². The van der Waals surface area contributed by atoms with Crippen molar-refractivity contribution < 1.29 is 0 Å². The molecule has 1 rings (SSSR count). The molecule has 0 aromatic carbocycles. The van der Waals surface area contributed by atoms with Gasteiger partial charge in [0.2, 0.25) is 0 Å². The van der Waals surface area contributed by atoms with Crippen molar-refractivity contribution >= 4 is 8.07 Å². The molecule has 1 fully saturated rings. The summed E-state index contributed by atoms with van der Waals surface area (Å²) in [7, 11) is -0.916. The minimum Gasteiger partial charge on any atom is -0.327 e. The maximum Gasteiger partial charge on any atom is 0.0505 e. The maximum atomic E-state index is 5.76. The number of hydrogen-bond acceptors (Lipinski definition) is 2. The van der Waals surface area contributed by atoms with Crippen LogP contribution in [0.25, 0.3) is 0 Å². The normalized spacial score (nSPS) is 41.3. The van der Waals surface area contributed by atoms with Crippen molar-refractivity contribution in [2.75, 3.05) is 0 Å². The first-order chi connectivity index (χ1) is 4.01. The molecule has 4 N–H and O–H groups in total. The maximum absolute atomic E-state index is 5.76. The average Bonchev–Trinajstić information content (AvgIpc) is 1.79. The van der Waals surface area contributed by atoms with Crippen molar-refractivity contribution in [2.24, 2.45) is 11.5 Å². The first kappa shape index (κ1) is 7.25. The van der Waals surface area contributed by atoms with E-state index in [0.717, 1.165) is 0 Å². The molecule has 2 atom stereocenters. The van der Waals surface area contributed by atoms with Gasteiger partial charge in [0.1, 0.15) is 0 Å². The molecule has 9 heavy (non-hydrogen) atoms. The number of rotatable bonds is 0. The van der Waals surface area contributed by atoms with Crippen LogP contribution in [0.3, 0.4) is 0 Å². The van der Waals surface area contributed by atoms with Crippen molar-refractivity contribution in [3.8, 4) is 0 Å². The Kier molecular flexibility index (Phi) is 1.67. The summed E-state index contributed by atoms with van der Waals surface area (Å²) in [6.07, 6.45) is 0. The van der Waals surface area contributed by atoms with E-state index >= 15 is 0 Å². The Morgan fingerprint density at radius 1 is 1.11 bits per heavy atom. The molecule has 1 heterocycles. The van der Waals surface area contributed by atoms with E-state index in [1.54, 1.807) is 0 Å². The van der Waals surface area contributed by atoms with Crippen molar-refractivity contribution in [1.29, 1.82) is 0 Å². The molecule has 0 amide bonds.